The number of nitrogens with one attached hydrogen (secondary N) is 5. The highest BCUT2D eigenvalue weighted by Gasteiger charge is 2.22. The Balaban J connectivity index is 0.000000122. The molecule has 134 heavy (non-hydrogen) atoms. The van der Waals surface area contributed by atoms with Crippen LogP contribution in [0.2, 0.25) is 5.02 Å². The predicted molar refractivity (Wildman–Crippen MR) is 513 cm³/mol. The van der Waals surface area contributed by atoms with Gasteiger partial charge in [0.1, 0.15) is 128 Å². The smallest absolute Gasteiger partial charge is 0.239 e. The second-order valence-electron chi connectivity index (χ2n) is 30.7. The van der Waals surface area contributed by atoms with Crippen molar-refractivity contribution in [3.8, 4) is 35.5 Å². The van der Waals surface area contributed by atoms with Gasteiger partial charge in [-0.15, -0.1) is 0 Å². The van der Waals surface area contributed by atoms with Crippen LogP contribution in [0.1, 0.15) is 40.2 Å². The first kappa shape index (κ1) is 89.8. The molecule has 10 aromatic heterocycles. The number of fused-ring (bicyclic) bond motifs is 5. The summed E-state index contributed by atoms with van der Waals surface area (Å²) >= 11 is 5.70. The molecule has 0 saturated carbocycles. The standard InChI is InChI=1S/C20H20FN7.C19H17FN6O.2C19H17FN6.C18H13ClF2N6/c1-12-23-16-9-4-13(21)10-17(16)28(12)20-25-18(22)11-19(26-20)24-14-5-7-15(8-6-14)27(2)3;1-11-22-15-8-3-12(20)9-16(15)26(11)19-24-17(21)10-18(25-19)23-13-4-6-14(27-2)7-5-13;1-11-3-6-14(7-4-11)23-18-10-17(21)24-19(25-18)26-12(2)22-15-8-5-13(20)9-16(15)26;1-11-4-3-5-14(8-11)23-18-10-17(21)24-19(25-18)26-12(2)22-15-7-6-13(20)9-16(15)26;1-9-23-14-5-2-10(20)6-15(14)27(9)18-25-16(22)8-17(26-18)24-11-3-4-12(19)13(21)7-11/h4-11H,1-3H3,(H3,22,24,25,26);3-10H,1-2H3,(H3,21,23,24,25);2*3-10H,1-2H3,(H3,21,23,24,25);2-8H,1H3,(H3,22,24,25,26). The van der Waals surface area contributed by atoms with E-state index in [1.54, 1.807) is 104 Å². The zero-order chi connectivity index (χ0) is 94.4. The van der Waals surface area contributed by atoms with Crippen molar-refractivity contribution in [2.24, 2.45) is 0 Å². The van der Waals surface area contributed by atoms with Crippen LogP contribution < -0.4 is 64.9 Å². The lowest BCUT2D eigenvalue weighted by Gasteiger charge is -2.14. The number of hydrogen-bond donors (Lipinski definition) is 10. The molecule has 0 atom stereocenters. The van der Waals surface area contributed by atoms with Gasteiger partial charge in [-0.1, -0.05) is 41.4 Å². The van der Waals surface area contributed by atoms with E-state index in [-0.39, 0.29) is 45.9 Å². The van der Waals surface area contributed by atoms with Crippen LogP contribution in [0.15, 0.2) is 237 Å². The van der Waals surface area contributed by atoms with Crippen molar-refractivity contribution >= 4 is 159 Å². The molecule has 10 aromatic carbocycles. The zero-order valence-corrected chi connectivity index (χ0v) is 74.1. The van der Waals surface area contributed by atoms with Crippen LogP contribution in [0.5, 0.6) is 5.75 Å². The van der Waals surface area contributed by atoms with Crippen molar-refractivity contribution < 1.29 is 31.1 Å². The fourth-order valence-electron chi connectivity index (χ4n) is 14.4. The molecule has 39 heteroatoms. The third-order valence-corrected chi connectivity index (χ3v) is 20.7. The summed E-state index contributed by atoms with van der Waals surface area (Å²) in [6.45, 7) is 13.1. The fourth-order valence-corrected chi connectivity index (χ4v) is 14.5. The number of halogens is 7. The first-order valence-electron chi connectivity index (χ1n) is 41.2. The predicted octanol–water partition coefficient (Wildman–Crippen LogP) is 19.4. The first-order valence-corrected chi connectivity index (χ1v) is 41.5. The van der Waals surface area contributed by atoms with Crippen molar-refractivity contribution in [2.75, 3.05) is 81.4 Å². The van der Waals surface area contributed by atoms with Crippen LogP contribution >= 0.6 is 11.6 Å². The molecular weight excluding hydrogens is 1740 g/mol. The molecule has 674 valence electrons. The maximum absolute atomic E-state index is 13.8. The summed E-state index contributed by atoms with van der Waals surface area (Å²) in [5.74, 6) is 6.99. The number of aryl methyl sites for hydroxylation is 7. The molecule has 0 fully saturated rings. The van der Waals surface area contributed by atoms with Gasteiger partial charge >= 0.3 is 0 Å². The van der Waals surface area contributed by atoms with Crippen LogP contribution in [0.3, 0.4) is 0 Å². The van der Waals surface area contributed by atoms with Crippen LogP contribution in [0.25, 0.3) is 84.9 Å². The average Bonchev–Trinajstić information content (AvgIpc) is 1.64. The Bertz CT molecular complexity index is 7780. The summed E-state index contributed by atoms with van der Waals surface area (Å²) in [5.41, 5.74) is 43.3. The van der Waals surface area contributed by atoms with Gasteiger partial charge in [0.25, 0.3) is 0 Å². The molecule has 0 aliphatic heterocycles. The minimum absolute atomic E-state index is 0.0194. The molecule has 10 heterocycles. The molecule has 0 bridgehead atoms. The highest BCUT2D eigenvalue weighted by Crippen LogP contribution is 2.33. The number of nitrogens with zero attached hydrogens (tertiary/aromatic N) is 21. The highest BCUT2D eigenvalue weighted by molar-refractivity contribution is 6.30. The SMILES string of the molecule is COc1ccc(Nc2cc(N)nc(-n3c(C)nc4ccc(F)cc43)n2)cc1.Cc1ccc(Nc2cc(N)nc(-n3c(C)nc4ccc(F)cc43)n2)cc1.Cc1cccc(Nc2cc(N)nc(-n3c(C)nc4ccc(F)cc43)n2)c1.Cc1nc2ccc(F)cc2n1-c1nc(N)cc(Nc2ccc(Cl)c(F)c2)n1.Cc1nc2ccc(F)cc2n1-c1nc(N)cc(Nc2ccc(N(C)C)cc2)n1. The van der Waals surface area contributed by atoms with E-state index >= 15 is 0 Å². The Hall–Kier alpha value is -17.6. The number of benzene rings is 10. The van der Waals surface area contributed by atoms with Crippen LogP contribution in [-0.2, 0) is 0 Å². The van der Waals surface area contributed by atoms with Gasteiger partial charge in [0.2, 0.25) is 29.7 Å². The number of ether oxygens (including phenoxy) is 1. The Morgan fingerprint density at radius 3 is 0.828 bits per heavy atom. The van der Waals surface area contributed by atoms with Gasteiger partial charge in [0.05, 0.1) is 67.3 Å². The van der Waals surface area contributed by atoms with E-state index in [0.29, 0.717) is 160 Å². The second kappa shape index (κ2) is 38.4. The number of methoxy groups -OCH3 is 1. The minimum atomic E-state index is -0.559. The molecule has 0 amide bonds. The molecule has 0 radical (unpaired) electrons. The molecule has 0 saturated heterocycles. The van der Waals surface area contributed by atoms with Crippen molar-refractivity contribution in [3.05, 3.63) is 317 Å². The van der Waals surface area contributed by atoms with Gasteiger partial charge in [0, 0.05) is 109 Å². The van der Waals surface area contributed by atoms with Gasteiger partial charge in [-0.25, -0.2) is 51.3 Å². The van der Waals surface area contributed by atoms with E-state index in [9.17, 15) is 26.3 Å². The van der Waals surface area contributed by atoms with E-state index in [1.807, 2.05) is 151 Å². The minimum Gasteiger partial charge on any atom is -0.497 e. The van der Waals surface area contributed by atoms with Crippen molar-refractivity contribution in [1.82, 2.24) is 97.6 Å². The third kappa shape index (κ3) is 20.7. The van der Waals surface area contributed by atoms with Gasteiger partial charge in [-0.2, -0.15) is 49.8 Å². The summed E-state index contributed by atoms with van der Waals surface area (Å²) < 4.78 is 95.7. The molecule has 0 spiro atoms. The number of imidazole rings is 5. The van der Waals surface area contributed by atoms with Gasteiger partial charge in [0.15, 0.2) is 0 Å². The topological polar surface area (TPSA) is 421 Å². The normalized spacial score (nSPS) is 11.0. The van der Waals surface area contributed by atoms with Gasteiger partial charge in [-0.05, 0) is 206 Å². The summed E-state index contributed by atoms with van der Waals surface area (Å²) in [6.07, 6.45) is 0. The maximum atomic E-state index is 13.8. The Morgan fingerprint density at radius 1 is 0.284 bits per heavy atom. The number of anilines is 16. The number of aromatic nitrogens is 20. The summed E-state index contributed by atoms with van der Waals surface area (Å²) in [4.78, 5) is 68.2. The highest BCUT2D eigenvalue weighted by atomic mass is 35.5. The lowest BCUT2D eigenvalue weighted by atomic mass is 10.2. The molecule has 20 aromatic rings. The summed E-state index contributed by atoms with van der Waals surface area (Å²) in [6, 6.07) is 65.5. The van der Waals surface area contributed by atoms with Crippen LogP contribution in [0, 0.1) is 83.4 Å². The lowest BCUT2D eigenvalue weighted by molar-refractivity contribution is 0.415. The monoisotopic (exact) mass is 1820 g/mol. The molecule has 0 aliphatic carbocycles. The first-order chi connectivity index (χ1) is 64.3. The van der Waals surface area contributed by atoms with Gasteiger partial charge in [-0.3, -0.25) is 22.8 Å². The molecule has 20 rings (SSSR count). The maximum Gasteiger partial charge on any atom is 0.239 e. The fraction of sp³-hybridized carbons (Fsp3) is 0.105. The van der Waals surface area contributed by atoms with Crippen LogP contribution in [0.4, 0.5) is 119 Å². The number of hydrogen-bond acceptors (Lipinski definition) is 27. The van der Waals surface area contributed by atoms with E-state index in [2.05, 4.69) is 101 Å². The molecule has 0 unspecified atom stereocenters. The van der Waals surface area contributed by atoms with Crippen LogP contribution in [-0.4, -0.2) is 119 Å². The van der Waals surface area contributed by atoms with E-state index < -0.39 is 11.6 Å². The van der Waals surface area contributed by atoms with E-state index in [4.69, 9.17) is 45.0 Å². The van der Waals surface area contributed by atoms with E-state index in [1.165, 1.54) is 84.4 Å². The molecule has 0 aliphatic rings. The Labute approximate surface area is 765 Å². The Morgan fingerprint density at radius 2 is 0.552 bits per heavy atom. The van der Waals surface area contributed by atoms with Crippen molar-refractivity contribution in [1.29, 1.82) is 0 Å². The lowest BCUT2D eigenvalue weighted by Crippen LogP contribution is -2.09. The zero-order valence-electron chi connectivity index (χ0n) is 73.3. The number of nitrogen functional groups attached to an aromatic ring is 5. The van der Waals surface area contributed by atoms with E-state index in [0.717, 1.165) is 39.7 Å². The van der Waals surface area contributed by atoms with Gasteiger partial charge < -0.3 is 64.9 Å². The quantitative estimate of drug-likeness (QED) is 0.0379. The van der Waals surface area contributed by atoms with Crippen molar-refractivity contribution in [3.63, 3.8) is 0 Å². The largest absolute Gasteiger partial charge is 0.497 e. The number of nitrogens with two attached hydrogens (primary N) is 5. The Kier molecular flexibility index (Phi) is 25.7. The molecule has 32 nitrogen and oxygen atoms in total. The molecular formula is C95H84ClF6N31O. The average molecular weight is 1830 g/mol. The summed E-state index contributed by atoms with van der Waals surface area (Å²) in [7, 11) is 5.58. The summed E-state index contributed by atoms with van der Waals surface area (Å²) in [5, 5.41) is 15.8. The third-order valence-electron chi connectivity index (χ3n) is 20.4. The van der Waals surface area contributed by atoms with Crippen molar-refractivity contribution in [2.45, 2.75) is 48.5 Å². The molecule has 15 N–H and O–H groups in total. The number of rotatable bonds is 17. The second-order valence-corrected chi connectivity index (χ2v) is 31.1.